The number of pyridine rings is 1. The highest BCUT2D eigenvalue weighted by atomic mass is 16.3. The van der Waals surface area contributed by atoms with Crippen LogP contribution in [-0.4, -0.2) is 40.0 Å². The van der Waals surface area contributed by atoms with Crippen LogP contribution in [0.5, 0.6) is 0 Å². The third-order valence-corrected chi connectivity index (χ3v) is 4.41. The zero-order valence-corrected chi connectivity index (χ0v) is 14.8. The van der Waals surface area contributed by atoms with E-state index >= 15 is 0 Å². The average molecular weight is 336 g/mol. The highest BCUT2D eigenvalue weighted by Gasteiger charge is 2.19. The lowest BCUT2D eigenvalue weighted by molar-refractivity contribution is 0.126. The minimum Gasteiger partial charge on any atom is -0.393 e. The van der Waals surface area contributed by atoms with Gasteiger partial charge in [-0.2, -0.15) is 0 Å². The molecule has 2 rings (SSSR count). The molecule has 0 aromatic carbocycles. The van der Waals surface area contributed by atoms with Gasteiger partial charge in [0.05, 0.1) is 12.2 Å². The molecule has 0 aliphatic heterocycles. The summed E-state index contributed by atoms with van der Waals surface area (Å²) in [6.45, 7) is 5.44. The van der Waals surface area contributed by atoms with Crippen molar-refractivity contribution in [3.8, 4) is 0 Å². The fourth-order valence-corrected chi connectivity index (χ4v) is 3.23. The van der Waals surface area contributed by atoms with Crippen LogP contribution in [0, 0.1) is 5.92 Å². The van der Waals surface area contributed by atoms with Gasteiger partial charge in [-0.05, 0) is 55.7 Å². The van der Waals surface area contributed by atoms with Crippen LogP contribution in [0.2, 0.25) is 0 Å². The molecule has 1 unspecified atom stereocenters. The molecular formula is C18H32N4O2. The van der Waals surface area contributed by atoms with Crippen LogP contribution >= 0.6 is 0 Å². The van der Waals surface area contributed by atoms with Crippen LogP contribution in [0.1, 0.15) is 51.5 Å². The lowest BCUT2D eigenvalue weighted by atomic mass is 9.93. The largest absolute Gasteiger partial charge is 0.393 e. The number of nitrogen functional groups attached to an aromatic ring is 1. The second-order valence-corrected chi connectivity index (χ2v) is 7.35. The first-order valence-corrected chi connectivity index (χ1v) is 9.02. The van der Waals surface area contributed by atoms with E-state index in [4.69, 9.17) is 5.73 Å². The highest BCUT2D eigenvalue weighted by Crippen LogP contribution is 2.22. The van der Waals surface area contributed by atoms with Gasteiger partial charge in [0.2, 0.25) is 0 Å². The van der Waals surface area contributed by atoms with Crippen LogP contribution in [-0.2, 0) is 6.54 Å². The fraction of sp³-hybridized carbons (Fsp3) is 0.722. The van der Waals surface area contributed by atoms with Gasteiger partial charge in [-0.15, -0.1) is 0 Å². The van der Waals surface area contributed by atoms with E-state index in [0.29, 0.717) is 30.9 Å². The highest BCUT2D eigenvalue weighted by molar-refractivity contribution is 5.47. The Balaban J connectivity index is 1.84. The van der Waals surface area contributed by atoms with Crippen LogP contribution in [0.3, 0.4) is 0 Å². The summed E-state index contributed by atoms with van der Waals surface area (Å²) in [5.41, 5.74) is 6.97. The SMILES string of the molecule is CC(C)CC(O)CNCc1cc(N)nc(N[C@H]2CC[C@H](O)CC2)c1. The van der Waals surface area contributed by atoms with Crippen LogP contribution in [0.25, 0.3) is 0 Å². The molecule has 24 heavy (non-hydrogen) atoms. The first-order chi connectivity index (χ1) is 11.4. The average Bonchev–Trinajstić information content (AvgIpc) is 2.48. The Bertz CT molecular complexity index is 502. The topological polar surface area (TPSA) is 103 Å². The summed E-state index contributed by atoms with van der Waals surface area (Å²) in [6.07, 6.45) is 3.89. The van der Waals surface area contributed by atoms with Gasteiger partial charge in [-0.25, -0.2) is 4.98 Å². The lowest BCUT2D eigenvalue weighted by Crippen LogP contribution is -2.29. The number of rotatable bonds is 8. The van der Waals surface area contributed by atoms with Gasteiger partial charge in [0.15, 0.2) is 0 Å². The number of aliphatic hydroxyl groups is 2. The molecule has 1 aliphatic carbocycles. The molecule has 1 heterocycles. The van der Waals surface area contributed by atoms with Crippen molar-refractivity contribution in [1.29, 1.82) is 0 Å². The van der Waals surface area contributed by atoms with Gasteiger partial charge < -0.3 is 26.6 Å². The van der Waals surface area contributed by atoms with Gasteiger partial charge in [-0.1, -0.05) is 13.8 Å². The first kappa shape index (κ1) is 19.0. The Kier molecular flexibility index (Phi) is 7.27. The number of aromatic nitrogens is 1. The summed E-state index contributed by atoms with van der Waals surface area (Å²) in [4.78, 5) is 4.36. The maximum absolute atomic E-state index is 9.91. The Morgan fingerprint density at radius 3 is 2.62 bits per heavy atom. The molecule has 1 fully saturated rings. The zero-order valence-electron chi connectivity index (χ0n) is 14.8. The van der Waals surface area contributed by atoms with E-state index in [9.17, 15) is 10.2 Å². The minimum absolute atomic E-state index is 0.158. The molecule has 0 saturated heterocycles. The summed E-state index contributed by atoms with van der Waals surface area (Å²) < 4.78 is 0. The monoisotopic (exact) mass is 336 g/mol. The van der Waals surface area contributed by atoms with Crippen molar-refractivity contribution in [2.45, 2.75) is 70.7 Å². The number of hydrogen-bond donors (Lipinski definition) is 5. The number of nitrogens with zero attached hydrogens (tertiary/aromatic N) is 1. The van der Waals surface area contributed by atoms with E-state index in [0.717, 1.165) is 43.5 Å². The predicted molar refractivity (Wildman–Crippen MR) is 97.7 cm³/mol. The molecule has 0 spiro atoms. The molecule has 1 saturated carbocycles. The molecule has 1 atom stereocenters. The Morgan fingerprint density at radius 2 is 1.96 bits per heavy atom. The molecule has 6 N–H and O–H groups in total. The van der Waals surface area contributed by atoms with E-state index in [1.807, 2.05) is 12.1 Å². The van der Waals surface area contributed by atoms with Crippen molar-refractivity contribution in [3.05, 3.63) is 17.7 Å². The molecule has 0 radical (unpaired) electrons. The quantitative estimate of drug-likeness (QED) is 0.497. The summed E-state index contributed by atoms with van der Waals surface area (Å²) in [5.74, 6) is 1.77. The van der Waals surface area contributed by atoms with Crippen molar-refractivity contribution in [2.75, 3.05) is 17.6 Å². The molecule has 1 aromatic heterocycles. The summed E-state index contributed by atoms with van der Waals surface area (Å²) >= 11 is 0. The summed E-state index contributed by atoms with van der Waals surface area (Å²) in [6, 6.07) is 4.21. The minimum atomic E-state index is -0.324. The molecular weight excluding hydrogens is 304 g/mol. The van der Waals surface area contributed by atoms with Gasteiger partial charge >= 0.3 is 0 Å². The Labute approximate surface area is 144 Å². The van der Waals surface area contributed by atoms with Crippen LogP contribution in [0.4, 0.5) is 11.6 Å². The molecule has 1 aromatic rings. The van der Waals surface area contributed by atoms with Crippen molar-refractivity contribution < 1.29 is 10.2 Å². The third-order valence-electron chi connectivity index (χ3n) is 4.41. The maximum Gasteiger partial charge on any atom is 0.128 e. The fourth-order valence-electron chi connectivity index (χ4n) is 3.23. The second-order valence-electron chi connectivity index (χ2n) is 7.35. The van der Waals surface area contributed by atoms with Gasteiger partial charge in [0, 0.05) is 19.1 Å². The van der Waals surface area contributed by atoms with Crippen LogP contribution in [0.15, 0.2) is 12.1 Å². The third kappa shape index (κ3) is 6.63. The van der Waals surface area contributed by atoms with Crippen molar-refractivity contribution in [3.63, 3.8) is 0 Å². The van der Waals surface area contributed by atoms with E-state index in [1.165, 1.54) is 0 Å². The number of anilines is 2. The molecule has 1 aliphatic rings. The summed E-state index contributed by atoms with van der Waals surface area (Å²) in [7, 11) is 0. The Hall–Kier alpha value is -1.37. The molecule has 0 bridgehead atoms. The van der Waals surface area contributed by atoms with Crippen molar-refractivity contribution >= 4 is 11.6 Å². The van der Waals surface area contributed by atoms with Gasteiger partial charge in [-0.3, -0.25) is 0 Å². The second kappa shape index (κ2) is 9.20. The smallest absolute Gasteiger partial charge is 0.128 e. The van der Waals surface area contributed by atoms with Crippen molar-refractivity contribution in [2.24, 2.45) is 5.92 Å². The maximum atomic E-state index is 9.91. The Morgan fingerprint density at radius 1 is 1.25 bits per heavy atom. The normalized spacial score (nSPS) is 22.5. The number of aliphatic hydroxyl groups excluding tert-OH is 2. The predicted octanol–water partition coefficient (Wildman–Crippen LogP) is 1.88. The standard InChI is InChI=1S/C18H32N4O2/c1-12(2)7-16(24)11-20-10-13-8-17(19)22-18(9-13)21-14-3-5-15(23)6-4-14/h8-9,12,14-16,20,23-24H,3-7,10-11H2,1-2H3,(H3,19,21,22)/t14-,15-,16?. The molecule has 136 valence electrons. The summed E-state index contributed by atoms with van der Waals surface area (Å²) in [5, 5.41) is 26.2. The molecule has 0 amide bonds. The lowest BCUT2D eigenvalue weighted by Gasteiger charge is -2.26. The molecule has 6 nitrogen and oxygen atoms in total. The van der Waals surface area contributed by atoms with Crippen LogP contribution < -0.4 is 16.4 Å². The van der Waals surface area contributed by atoms with E-state index in [2.05, 4.69) is 29.5 Å². The van der Waals surface area contributed by atoms with Gasteiger partial charge in [0.25, 0.3) is 0 Å². The number of nitrogens with one attached hydrogen (secondary N) is 2. The van der Waals surface area contributed by atoms with Crippen molar-refractivity contribution in [1.82, 2.24) is 10.3 Å². The number of hydrogen-bond acceptors (Lipinski definition) is 6. The van der Waals surface area contributed by atoms with E-state index in [-0.39, 0.29) is 12.2 Å². The van der Waals surface area contributed by atoms with E-state index < -0.39 is 0 Å². The van der Waals surface area contributed by atoms with E-state index in [1.54, 1.807) is 0 Å². The first-order valence-electron chi connectivity index (χ1n) is 9.02. The van der Waals surface area contributed by atoms with Gasteiger partial charge in [0.1, 0.15) is 11.6 Å². The molecule has 6 heteroatoms. The number of nitrogens with two attached hydrogens (primary N) is 1. The zero-order chi connectivity index (χ0) is 17.5.